The van der Waals surface area contributed by atoms with E-state index in [0.717, 1.165) is 20.9 Å². The lowest BCUT2D eigenvalue weighted by Gasteiger charge is -2.04. The van der Waals surface area contributed by atoms with Crippen molar-refractivity contribution in [3.63, 3.8) is 0 Å². The average molecular weight is 292 g/mol. The SMILES string of the molecule is Cc1ccc(-c2coc3ncnc(SC(C)O)c23)s1. The van der Waals surface area contributed by atoms with Gasteiger partial charge in [0.1, 0.15) is 23.1 Å². The van der Waals surface area contributed by atoms with Gasteiger partial charge in [0, 0.05) is 15.3 Å². The molecule has 3 aromatic rings. The van der Waals surface area contributed by atoms with E-state index in [2.05, 4.69) is 29.0 Å². The lowest BCUT2D eigenvalue weighted by Crippen LogP contribution is -1.94. The van der Waals surface area contributed by atoms with Crippen LogP contribution in [-0.2, 0) is 0 Å². The number of fused-ring (bicyclic) bond motifs is 1. The molecular formula is C13H12N2O2S2. The zero-order valence-corrected chi connectivity index (χ0v) is 12.1. The fourth-order valence-electron chi connectivity index (χ4n) is 1.86. The first-order valence-corrected chi connectivity index (χ1v) is 7.48. The highest BCUT2D eigenvalue weighted by Crippen LogP contribution is 2.38. The van der Waals surface area contributed by atoms with Crippen LogP contribution in [0, 0.1) is 6.92 Å². The molecule has 19 heavy (non-hydrogen) atoms. The Bertz CT molecular complexity index is 718. The van der Waals surface area contributed by atoms with E-state index >= 15 is 0 Å². The molecule has 3 heterocycles. The summed E-state index contributed by atoms with van der Waals surface area (Å²) in [6, 6.07) is 4.14. The average Bonchev–Trinajstić information content (AvgIpc) is 2.94. The van der Waals surface area contributed by atoms with Gasteiger partial charge >= 0.3 is 0 Å². The molecule has 6 heteroatoms. The molecule has 0 radical (unpaired) electrons. The van der Waals surface area contributed by atoms with E-state index in [9.17, 15) is 5.11 Å². The van der Waals surface area contributed by atoms with Crippen LogP contribution in [0.5, 0.6) is 0 Å². The van der Waals surface area contributed by atoms with Crippen molar-refractivity contribution >= 4 is 34.2 Å². The molecule has 3 aromatic heterocycles. The van der Waals surface area contributed by atoms with Crippen LogP contribution in [0.1, 0.15) is 11.8 Å². The first-order valence-electron chi connectivity index (χ1n) is 5.79. The number of aliphatic hydroxyl groups excluding tert-OH is 1. The van der Waals surface area contributed by atoms with Crippen molar-refractivity contribution in [2.45, 2.75) is 24.3 Å². The van der Waals surface area contributed by atoms with Gasteiger partial charge in [0.15, 0.2) is 0 Å². The Kier molecular flexibility index (Phi) is 3.30. The third kappa shape index (κ3) is 2.39. The van der Waals surface area contributed by atoms with E-state index in [1.165, 1.54) is 23.0 Å². The molecule has 1 unspecified atom stereocenters. The Balaban J connectivity index is 2.20. The van der Waals surface area contributed by atoms with Gasteiger partial charge in [-0.2, -0.15) is 0 Å². The van der Waals surface area contributed by atoms with E-state index in [0.29, 0.717) is 5.71 Å². The zero-order valence-electron chi connectivity index (χ0n) is 10.5. The van der Waals surface area contributed by atoms with Crippen LogP contribution >= 0.6 is 23.1 Å². The Morgan fingerprint density at radius 1 is 1.37 bits per heavy atom. The summed E-state index contributed by atoms with van der Waals surface area (Å²) in [6.45, 7) is 3.78. The topological polar surface area (TPSA) is 59.2 Å². The maximum absolute atomic E-state index is 9.54. The molecule has 3 rings (SSSR count). The third-order valence-electron chi connectivity index (χ3n) is 2.62. The Hall–Kier alpha value is -1.37. The highest BCUT2D eigenvalue weighted by Gasteiger charge is 2.17. The summed E-state index contributed by atoms with van der Waals surface area (Å²) in [5, 5.41) is 11.2. The van der Waals surface area contributed by atoms with Crippen molar-refractivity contribution in [3.05, 3.63) is 29.6 Å². The number of aryl methyl sites for hydroxylation is 1. The Morgan fingerprint density at radius 2 is 2.21 bits per heavy atom. The van der Waals surface area contributed by atoms with Crippen LogP contribution in [0.4, 0.5) is 0 Å². The van der Waals surface area contributed by atoms with Gasteiger partial charge in [-0.1, -0.05) is 11.8 Å². The summed E-state index contributed by atoms with van der Waals surface area (Å²) in [4.78, 5) is 10.7. The van der Waals surface area contributed by atoms with E-state index < -0.39 is 5.44 Å². The normalized spacial score (nSPS) is 13.0. The Labute approximate surface area is 118 Å². The molecule has 0 saturated heterocycles. The van der Waals surface area contributed by atoms with Crippen molar-refractivity contribution in [2.24, 2.45) is 0 Å². The van der Waals surface area contributed by atoms with Gasteiger partial charge in [-0.15, -0.1) is 11.3 Å². The summed E-state index contributed by atoms with van der Waals surface area (Å²) >= 11 is 3.00. The van der Waals surface area contributed by atoms with Crippen LogP contribution < -0.4 is 0 Å². The van der Waals surface area contributed by atoms with E-state index in [4.69, 9.17) is 4.42 Å². The lowest BCUT2D eigenvalue weighted by atomic mass is 10.2. The van der Waals surface area contributed by atoms with E-state index in [-0.39, 0.29) is 0 Å². The number of hydrogen-bond acceptors (Lipinski definition) is 6. The molecule has 0 aliphatic rings. The second kappa shape index (κ2) is 4.96. The summed E-state index contributed by atoms with van der Waals surface area (Å²) < 4.78 is 5.50. The number of thiophene rings is 1. The summed E-state index contributed by atoms with van der Waals surface area (Å²) in [6.07, 6.45) is 3.16. The number of aromatic nitrogens is 2. The smallest absolute Gasteiger partial charge is 0.230 e. The number of aliphatic hydroxyl groups is 1. The third-order valence-corrected chi connectivity index (χ3v) is 4.53. The van der Waals surface area contributed by atoms with Crippen LogP contribution in [0.15, 0.2) is 34.2 Å². The molecule has 0 spiro atoms. The number of nitrogens with zero attached hydrogens (tertiary/aromatic N) is 2. The molecular weight excluding hydrogens is 280 g/mol. The standard InChI is InChI=1S/C13H12N2O2S2/c1-7-3-4-10(18-7)9-5-17-12-11(9)13(15-6-14-12)19-8(2)16/h3-6,8,16H,1-2H3. The minimum atomic E-state index is -0.522. The van der Waals surface area contributed by atoms with Crippen LogP contribution in [-0.4, -0.2) is 20.5 Å². The largest absolute Gasteiger partial charge is 0.445 e. The Morgan fingerprint density at radius 3 is 2.89 bits per heavy atom. The van der Waals surface area contributed by atoms with Gasteiger partial charge in [-0.3, -0.25) is 0 Å². The fraction of sp³-hybridized carbons (Fsp3) is 0.231. The first kappa shape index (κ1) is 12.7. The molecule has 0 aliphatic carbocycles. The predicted molar refractivity (Wildman–Crippen MR) is 77.4 cm³/mol. The second-order valence-electron chi connectivity index (χ2n) is 4.14. The zero-order chi connectivity index (χ0) is 13.4. The molecule has 1 atom stereocenters. The van der Waals surface area contributed by atoms with E-state index in [1.807, 2.05) is 0 Å². The van der Waals surface area contributed by atoms with Crippen molar-refractivity contribution in [2.75, 3.05) is 0 Å². The minimum absolute atomic E-state index is 0.522. The van der Waals surface area contributed by atoms with Crippen molar-refractivity contribution in [3.8, 4) is 10.4 Å². The van der Waals surface area contributed by atoms with Gasteiger partial charge < -0.3 is 9.52 Å². The molecule has 0 fully saturated rings. The maximum Gasteiger partial charge on any atom is 0.230 e. The van der Waals surface area contributed by atoms with Gasteiger partial charge in [-0.05, 0) is 26.0 Å². The van der Waals surface area contributed by atoms with Gasteiger partial charge in [-0.25, -0.2) is 9.97 Å². The highest BCUT2D eigenvalue weighted by atomic mass is 32.2. The number of rotatable bonds is 3. The first-order chi connectivity index (χ1) is 9.15. The molecule has 0 aromatic carbocycles. The van der Waals surface area contributed by atoms with Crippen molar-refractivity contribution in [1.82, 2.24) is 9.97 Å². The van der Waals surface area contributed by atoms with Gasteiger partial charge in [0.05, 0.1) is 5.39 Å². The molecule has 0 amide bonds. The van der Waals surface area contributed by atoms with Crippen LogP contribution in [0.25, 0.3) is 21.5 Å². The van der Waals surface area contributed by atoms with Crippen LogP contribution in [0.2, 0.25) is 0 Å². The monoisotopic (exact) mass is 292 g/mol. The molecule has 0 bridgehead atoms. The molecule has 0 saturated carbocycles. The minimum Gasteiger partial charge on any atom is -0.445 e. The molecule has 4 nitrogen and oxygen atoms in total. The quantitative estimate of drug-likeness (QED) is 0.453. The van der Waals surface area contributed by atoms with Gasteiger partial charge in [0.2, 0.25) is 5.71 Å². The molecule has 0 aliphatic heterocycles. The van der Waals surface area contributed by atoms with Crippen molar-refractivity contribution in [1.29, 1.82) is 0 Å². The van der Waals surface area contributed by atoms with Gasteiger partial charge in [0.25, 0.3) is 0 Å². The number of thioether (sulfide) groups is 1. The van der Waals surface area contributed by atoms with Crippen molar-refractivity contribution < 1.29 is 9.52 Å². The second-order valence-corrected chi connectivity index (χ2v) is 6.73. The summed E-state index contributed by atoms with van der Waals surface area (Å²) in [5.74, 6) is 0. The van der Waals surface area contributed by atoms with Crippen LogP contribution in [0.3, 0.4) is 0 Å². The van der Waals surface area contributed by atoms with E-state index in [1.54, 1.807) is 24.5 Å². The molecule has 98 valence electrons. The summed E-state index contributed by atoms with van der Waals surface area (Å²) in [7, 11) is 0. The fourth-order valence-corrected chi connectivity index (χ4v) is 3.48. The maximum atomic E-state index is 9.54. The highest BCUT2D eigenvalue weighted by molar-refractivity contribution is 7.99. The molecule has 1 N–H and O–H groups in total. The number of furan rings is 1. The predicted octanol–water partition coefficient (Wildman–Crippen LogP) is 3.69. The lowest BCUT2D eigenvalue weighted by molar-refractivity contribution is 0.284. The number of hydrogen-bond donors (Lipinski definition) is 1. The summed E-state index contributed by atoms with van der Waals surface area (Å²) in [5.41, 5.74) is 1.02.